The van der Waals surface area contributed by atoms with Crippen molar-refractivity contribution in [3.8, 4) is 11.3 Å². The molecule has 1 N–H and O–H groups in total. The molecule has 3 aromatic heterocycles. The molecule has 1 aliphatic heterocycles. The van der Waals surface area contributed by atoms with Crippen molar-refractivity contribution < 1.29 is 8.78 Å². The number of anilines is 2. The van der Waals surface area contributed by atoms with Gasteiger partial charge in [-0.3, -0.25) is 4.90 Å². The van der Waals surface area contributed by atoms with E-state index < -0.39 is 11.6 Å². The topological polar surface area (TPSA) is 75.0 Å². The van der Waals surface area contributed by atoms with Crippen LogP contribution >= 0.6 is 0 Å². The Bertz CT molecular complexity index is 1570. The maximum atomic E-state index is 15.2. The summed E-state index contributed by atoms with van der Waals surface area (Å²) in [5.74, 6) is 0.859. The molecule has 0 radical (unpaired) electrons. The molecule has 0 fully saturated rings. The van der Waals surface area contributed by atoms with Gasteiger partial charge < -0.3 is 14.8 Å². The first-order chi connectivity index (χ1) is 19.3. The Labute approximate surface area is 240 Å². The van der Waals surface area contributed by atoms with Crippen LogP contribution in [0.15, 0.2) is 30.5 Å². The Hall–Kier alpha value is -3.50. The summed E-state index contributed by atoms with van der Waals surface area (Å²) >= 11 is 0. The number of hydrogen-bond donors (Lipinski definition) is 1. The average molecular weight is 563 g/mol. The van der Waals surface area contributed by atoms with E-state index in [0.717, 1.165) is 37.9 Å². The maximum Gasteiger partial charge on any atom is 0.229 e. The highest BCUT2D eigenvalue weighted by Crippen LogP contribution is 2.32. The van der Waals surface area contributed by atoms with E-state index in [2.05, 4.69) is 64.1 Å². The fraction of sp³-hybridized carbons (Fsp3) is 0.484. The van der Waals surface area contributed by atoms with Crippen LogP contribution in [0.4, 0.5) is 20.5 Å². The third-order valence-corrected chi connectivity index (χ3v) is 7.68. The Morgan fingerprint density at radius 1 is 1.05 bits per heavy atom. The fourth-order valence-electron chi connectivity index (χ4n) is 5.89. The number of aromatic nitrogens is 5. The van der Waals surface area contributed by atoms with Gasteiger partial charge in [0.1, 0.15) is 22.9 Å². The van der Waals surface area contributed by atoms with Crippen molar-refractivity contribution in [1.82, 2.24) is 34.3 Å². The van der Waals surface area contributed by atoms with Crippen molar-refractivity contribution in [1.29, 1.82) is 0 Å². The zero-order valence-corrected chi connectivity index (χ0v) is 25.3. The Kier molecular flexibility index (Phi) is 7.82. The highest BCUT2D eigenvalue weighted by Gasteiger charge is 2.27. The minimum atomic E-state index is -0.635. The minimum absolute atomic E-state index is 0.0110. The lowest BCUT2D eigenvalue weighted by Gasteiger charge is -2.38. The second-order valence-electron chi connectivity index (χ2n) is 12.6. The molecule has 1 aromatic carbocycles. The molecule has 8 nitrogen and oxygen atoms in total. The number of rotatable bonds is 7. The number of aryl methyl sites for hydroxylation is 1. The smallest absolute Gasteiger partial charge is 0.229 e. The van der Waals surface area contributed by atoms with E-state index >= 15 is 8.78 Å². The molecule has 0 unspecified atom stereocenters. The van der Waals surface area contributed by atoms with Crippen LogP contribution in [0.2, 0.25) is 0 Å². The number of nitrogens with zero attached hydrogens (tertiary/aromatic N) is 7. The van der Waals surface area contributed by atoms with Gasteiger partial charge in [-0.15, -0.1) is 0 Å². The first-order valence-corrected chi connectivity index (χ1v) is 14.2. The Morgan fingerprint density at radius 2 is 1.80 bits per heavy atom. The summed E-state index contributed by atoms with van der Waals surface area (Å²) in [4.78, 5) is 22.6. The summed E-state index contributed by atoms with van der Waals surface area (Å²) in [6, 6.07) is 7.48. The molecule has 218 valence electrons. The number of halogens is 2. The molecule has 4 aromatic rings. The van der Waals surface area contributed by atoms with Crippen LogP contribution in [0.1, 0.15) is 51.7 Å². The molecule has 0 saturated heterocycles. The first-order valence-electron chi connectivity index (χ1n) is 14.2. The summed E-state index contributed by atoms with van der Waals surface area (Å²) in [7, 11) is 4.23. The van der Waals surface area contributed by atoms with Crippen molar-refractivity contribution in [2.24, 2.45) is 5.92 Å². The average Bonchev–Trinajstić information content (AvgIpc) is 3.24. The lowest BCUT2D eigenvalue weighted by molar-refractivity contribution is 0.111. The first kappa shape index (κ1) is 29.0. The van der Waals surface area contributed by atoms with Crippen molar-refractivity contribution in [2.45, 2.75) is 66.1 Å². The van der Waals surface area contributed by atoms with E-state index in [-0.39, 0.29) is 22.7 Å². The van der Waals surface area contributed by atoms with E-state index in [1.807, 2.05) is 38.3 Å². The number of pyridine rings is 1. The highest BCUT2D eigenvalue weighted by molar-refractivity contribution is 5.83. The zero-order chi connectivity index (χ0) is 29.6. The fourth-order valence-corrected chi connectivity index (χ4v) is 5.89. The summed E-state index contributed by atoms with van der Waals surface area (Å²) < 4.78 is 32.1. The maximum absolute atomic E-state index is 15.2. The monoisotopic (exact) mass is 562 g/mol. The van der Waals surface area contributed by atoms with Gasteiger partial charge >= 0.3 is 0 Å². The second kappa shape index (κ2) is 11.1. The van der Waals surface area contributed by atoms with Gasteiger partial charge in [-0.05, 0) is 71.5 Å². The SMILES string of the molecule is Cc1nc2c(F)cc(-c3nc(Nc4ccc5c(n4)CCN([C@H](CN(C)C)C(C)C)C5)ncc3F)cc2n1C(C)(C)C. The molecule has 0 saturated carbocycles. The third-order valence-electron chi connectivity index (χ3n) is 7.68. The van der Waals surface area contributed by atoms with Crippen LogP contribution in [0.5, 0.6) is 0 Å². The molecule has 0 bridgehead atoms. The molecule has 1 atom stereocenters. The number of nitrogens with one attached hydrogen (secondary N) is 1. The molecular formula is C31H40F2N8. The molecule has 41 heavy (non-hydrogen) atoms. The zero-order valence-electron chi connectivity index (χ0n) is 25.3. The van der Waals surface area contributed by atoms with Gasteiger partial charge in [-0.2, -0.15) is 0 Å². The summed E-state index contributed by atoms with van der Waals surface area (Å²) in [6.07, 6.45) is 1.95. The van der Waals surface area contributed by atoms with E-state index in [0.29, 0.717) is 34.7 Å². The summed E-state index contributed by atoms with van der Waals surface area (Å²) in [6.45, 7) is 15.3. The van der Waals surface area contributed by atoms with Crippen LogP contribution in [0, 0.1) is 24.5 Å². The van der Waals surface area contributed by atoms with Crippen LogP contribution in [-0.2, 0) is 18.5 Å². The van der Waals surface area contributed by atoms with Crippen LogP contribution in [0.3, 0.4) is 0 Å². The summed E-state index contributed by atoms with van der Waals surface area (Å²) in [5, 5.41) is 3.13. The van der Waals surface area contributed by atoms with E-state index in [4.69, 9.17) is 4.98 Å². The van der Waals surface area contributed by atoms with Gasteiger partial charge in [0.25, 0.3) is 0 Å². The number of benzene rings is 1. The van der Waals surface area contributed by atoms with Gasteiger partial charge in [0.2, 0.25) is 5.95 Å². The predicted octanol–water partition coefficient (Wildman–Crippen LogP) is 5.92. The van der Waals surface area contributed by atoms with Crippen molar-refractivity contribution in [3.63, 3.8) is 0 Å². The number of likely N-dealkylation sites (N-methyl/N-ethyl adjacent to an activating group) is 1. The van der Waals surface area contributed by atoms with Crippen LogP contribution in [0.25, 0.3) is 22.3 Å². The predicted molar refractivity (Wildman–Crippen MR) is 159 cm³/mol. The minimum Gasteiger partial charge on any atom is -0.323 e. The van der Waals surface area contributed by atoms with Gasteiger partial charge in [-0.1, -0.05) is 19.9 Å². The van der Waals surface area contributed by atoms with Gasteiger partial charge in [0, 0.05) is 48.9 Å². The highest BCUT2D eigenvalue weighted by atomic mass is 19.1. The normalized spacial score (nSPS) is 15.1. The largest absolute Gasteiger partial charge is 0.323 e. The van der Waals surface area contributed by atoms with Gasteiger partial charge in [-0.25, -0.2) is 28.7 Å². The van der Waals surface area contributed by atoms with Gasteiger partial charge in [0.05, 0.1) is 11.7 Å². The van der Waals surface area contributed by atoms with Crippen molar-refractivity contribution >= 4 is 22.8 Å². The van der Waals surface area contributed by atoms with E-state index in [9.17, 15) is 0 Å². The molecule has 1 aliphatic rings. The molecule has 0 amide bonds. The molecule has 10 heteroatoms. The lowest BCUT2D eigenvalue weighted by atomic mass is 9.97. The van der Waals surface area contributed by atoms with Crippen LogP contribution in [-0.4, -0.2) is 67.5 Å². The summed E-state index contributed by atoms with van der Waals surface area (Å²) in [5.41, 5.74) is 3.09. The number of imidazole rings is 1. The molecule has 0 spiro atoms. The molecule has 4 heterocycles. The second-order valence-corrected chi connectivity index (χ2v) is 12.6. The Morgan fingerprint density at radius 3 is 2.49 bits per heavy atom. The standard InChI is InChI=1S/C31H40F2N8/c1-18(2)26(17-39(7)8)40-12-11-24-20(16-40)9-10-27(36-24)37-30-34-15-23(33)28(38-30)21-13-22(32)29-25(14-21)41(19(3)35-29)31(4,5)6/h9-10,13-15,18,26H,11-12,16-17H2,1-8H3,(H,34,36,37,38)/t26-/m1/s1. The van der Waals surface area contributed by atoms with E-state index in [1.54, 1.807) is 6.07 Å². The Balaban J connectivity index is 1.41. The van der Waals surface area contributed by atoms with E-state index in [1.165, 1.54) is 11.6 Å². The third kappa shape index (κ3) is 5.94. The molecule has 5 rings (SSSR count). The quantitative estimate of drug-likeness (QED) is 0.300. The van der Waals surface area contributed by atoms with Gasteiger partial charge in [0.15, 0.2) is 11.6 Å². The van der Waals surface area contributed by atoms with Crippen molar-refractivity contribution in [3.05, 3.63) is 59.2 Å². The number of fused-ring (bicyclic) bond motifs is 2. The van der Waals surface area contributed by atoms with Crippen molar-refractivity contribution in [2.75, 3.05) is 32.5 Å². The number of hydrogen-bond acceptors (Lipinski definition) is 7. The molecular weight excluding hydrogens is 522 g/mol. The lowest BCUT2D eigenvalue weighted by Crippen LogP contribution is -2.47. The molecule has 0 aliphatic carbocycles. The van der Waals surface area contributed by atoms with Crippen LogP contribution < -0.4 is 5.32 Å².